The van der Waals surface area contributed by atoms with Crippen molar-refractivity contribution in [2.24, 2.45) is 4.99 Å². The molecule has 0 spiro atoms. The molecule has 0 bridgehead atoms. The van der Waals surface area contributed by atoms with E-state index in [2.05, 4.69) is 36.2 Å². The standard InChI is InChI=1S/C13H25N2O2S/c1-5-15(6-2,10-8-9-14-11-18)12(4)13(16)17-7-3/h12H,5-10H2,1-4H3/q+1. The van der Waals surface area contributed by atoms with Crippen LogP contribution < -0.4 is 0 Å². The van der Waals surface area contributed by atoms with Crippen molar-refractivity contribution in [1.29, 1.82) is 0 Å². The SMILES string of the molecule is CCOC(=O)C(C)[N+](CC)(CC)CCCN=C=S. The molecule has 0 amide bonds. The van der Waals surface area contributed by atoms with Gasteiger partial charge in [0.05, 0.1) is 37.9 Å². The third-order valence-electron chi connectivity index (χ3n) is 3.65. The van der Waals surface area contributed by atoms with Gasteiger partial charge in [-0.15, -0.1) is 0 Å². The number of isothiocyanates is 1. The van der Waals surface area contributed by atoms with Gasteiger partial charge in [-0.05, 0) is 39.9 Å². The van der Waals surface area contributed by atoms with E-state index in [0.29, 0.717) is 13.2 Å². The summed E-state index contributed by atoms with van der Waals surface area (Å²) in [4.78, 5) is 15.8. The summed E-state index contributed by atoms with van der Waals surface area (Å²) in [5.41, 5.74) is 0. The lowest BCUT2D eigenvalue weighted by Crippen LogP contribution is -2.58. The summed E-state index contributed by atoms with van der Waals surface area (Å²) in [5.74, 6) is -0.112. The number of thiocarbonyl (C=S) groups is 1. The lowest BCUT2D eigenvalue weighted by Gasteiger charge is -2.40. The van der Waals surface area contributed by atoms with Crippen LogP contribution in [-0.4, -0.2) is 54.4 Å². The Morgan fingerprint density at radius 3 is 2.44 bits per heavy atom. The Hall–Kier alpha value is -0.770. The molecule has 104 valence electrons. The molecule has 0 aliphatic rings. The van der Waals surface area contributed by atoms with Crippen molar-refractivity contribution in [3.8, 4) is 0 Å². The second-order valence-corrected chi connectivity index (χ2v) is 4.51. The summed E-state index contributed by atoms with van der Waals surface area (Å²) in [6, 6.07) is -0.128. The molecule has 0 aliphatic carbocycles. The Labute approximate surface area is 116 Å². The molecule has 0 N–H and O–H groups in total. The largest absolute Gasteiger partial charge is 0.462 e. The van der Waals surface area contributed by atoms with Crippen molar-refractivity contribution in [3.05, 3.63) is 0 Å². The zero-order valence-electron chi connectivity index (χ0n) is 11.9. The zero-order chi connectivity index (χ0) is 14.0. The molecule has 4 nitrogen and oxygen atoms in total. The van der Waals surface area contributed by atoms with E-state index in [0.717, 1.165) is 30.5 Å². The fourth-order valence-corrected chi connectivity index (χ4v) is 2.37. The van der Waals surface area contributed by atoms with Crippen LogP contribution in [0.3, 0.4) is 0 Å². The van der Waals surface area contributed by atoms with E-state index >= 15 is 0 Å². The van der Waals surface area contributed by atoms with Gasteiger partial charge in [0, 0.05) is 6.42 Å². The number of hydrogen-bond donors (Lipinski definition) is 0. The maximum absolute atomic E-state index is 11.9. The summed E-state index contributed by atoms with van der Waals surface area (Å²) < 4.78 is 5.88. The molecule has 0 heterocycles. The minimum absolute atomic E-state index is 0.112. The smallest absolute Gasteiger partial charge is 0.364 e. The van der Waals surface area contributed by atoms with E-state index in [9.17, 15) is 4.79 Å². The molecular weight excluding hydrogens is 248 g/mol. The average Bonchev–Trinajstić information content (AvgIpc) is 2.39. The molecule has 0 aromatic heterocycles. The first-order chi connectivity index (χ1) is 8.57. The summed E-state index contributed by atoms with van der Waals surface area (Å²) >= 11 is 4.55. The normalized spacial score (nSPS) is 12.7. The highest BCUT2D eigenvalue weighted by atomic mass is 32.1. The monoisotopic (exact) mass is 273 g/mol. The first-order valence-electron chi connectivity index (χ1n) is 6.64. The molecule has 0 radical (unpaired) electrons. The van der Waals surface area contributed by atoms with Gasteiger partial charge in [-0.2, -0.15) is 0 Å². The number of hydrogen-bond acceptors (Lipinski definition) is 4. The van der Waals surface area contributed by atoms with Crippen molar-refractivity contribution < 1.29 is 14.0 Å². The Morgan fingerprint density at radius 2 is 2.00 bits per heavy atom. The van der Waals surface area contributed by atoms with E-state index in [1.165, 1.54) is 0 Å². The quantitative estimate of drug-likeness (QED) is 0.213. The number of likely N-dealkylation sites (N-methyl/N-ethyl adjacent to an activating group) is 1. The van der Waals surface area contributed by atoms with Crippen LogP contribution in [-0.2, 0) is 9.53 Å². The van der Waals surface area contributed by atoms with E-state index < -0.39 is 0 Å². The van der Waals surface area contributed by atoms with E-state index in [1.54, 1.807) is 0 Å². The number of carbonyl (C=O) groups excluding carboxylic acids is 1. The third kappa shape index (κ3) is 4.84. The van der Waals surface area contributed by atoms with Crippen molar-refractivity contribution in [3.63, 3.8) is 0 Å². The van der Waals surface area contributed by atoms with E-state index in [-0.39, 0.29) is 12.0 Å². The van der Waals surface area contributed by atoms with E-state index in [4.69, 9.17) is 4.74 Å². The minimum Gasteiger partial charge on any atom is -0.462 e. The summed E-state index contributed by atoms with van der Waals surface area (Å²) in [6.45, 7) is 11.9. The van der Waals surface area contributed by atoms with Crippen molar-refractivity contribution in [2.45, 2.75) is 40.2 Å². The highest BCUT2D eigenvalue weighted by Crippen LogP contribution is 2.16. The molecule has 0 rings (SSSR count). The van der Waals surface area contributed by atoms with Gasteiger partial charge in [0.15, 0.2) is 6.04 Å². The van der Waals surface area contributed by atoms with Crippen LogP contribution in [0.15, 0.2) is 4.99 Å². The van der Waals surface area contributed by atoms with Gasteiger partial charge in [-0.25, -0.2) is 9.79 Å². The van der Waals surface area contributed by atoms with Crippen LogP contribution in [0.2, 0.25) is 0 Å². The van der Waals surface area contributed by atoms with Gasteiger partial charge in [-0.3, -0.25) is 0 Å². The van der Waals surface area contributed by atoms with Crippen LogP contribution in [0, 0.1) is 0 Å². The third-order valence-corrected chi connectivity index (χ3v) is 3.78. The topological polar surface area (TPSA) is 38.7 Å². The highest BCUT2D eigenvalue weighted by molar-refractivity contribution is 7.78. The van der Waals surface area contributed by atoms with Crippen LogP contribution in [0.1, 0.15) is 34.1 Å². The Bertz CT molecular complexity index is 297. The number of rotatable bonds is 9. The lowest BCUT2D eigenvalue weighted by molar-refractivity contribution is -0.938. The fraction of sp³-hybridized carbons (Fsp3) is 0.846. The number of nitrogens with zero attached hydrogens (tertiary/aromatic N) is 2. The molecule has 5 heteroatoms. The Morgan fingerprint density at radius 1 is 1.39 bits per heavy atom. The Balaban J connectivity index is 4.66. The molecule has 1 unspecified atom stereocenters. The molecule has 0 saturated heterocycles. The predicted molar refractivity (Wildman–Crippen MR) is 76.8 cm³/mol. The molecule has 0 aromatic carbocycles. The molecule has 0 aromatic rings. The second kappa shape index (κ2) is 9.20. The zero-order valence-corrected chi connectivity index (χ0v) is 12.8. The maximum atomic E-state index is 11.9. The molecule has 0 fully saturated rings. The molecule has 1 atom stereocenters. The number of carbonyl (C=O) groups is 1. The number of quaternary nitrogens is 1. The van der Waals surface area contributed by atoms with Gasteiger partial charge in [0.2, 0.25) is 0 Å². The van der Waals surface area contributed by atoms with Gasteiger partial charge >= 0.3 is 5.97 Å². The number of aliphatic imine (C=N–C) groups is 1. The Kier molecular flexibility index (Phi) is 8.81. The predicted octanol–water partition coefficient (Wildman–Crippen LogP) is 2.29. The van der Waals surface area contributed by atoms with Gasteiger partial charge in [-0.1, -0.05) is 0 Å². The van der Waals surface area contributed by atoms with Crippen LogP contribution in [0.4, 0.5) is 0 Å². The van der Waals surface area contributed by atoms with Crippen molar-refractivity contribution in [1.82, 2.24) is 0 Å². The minimum atomic E-state index is -0.128. The van der Waals surface area contributed by atoms with Gasteiger partial charge in [0.1, 0.15) is 0 Å². The maximum Gasteiger partial charge on any atom is 0.364 e. The lowest BCUT2D eigenvalue weighted by atomic mass is 10.1. The number of ether oxygens (including phenoxy) is 1. The molecule has 0 saturated carbocycles. The summed E-state index contributed by atoms with van der Waals surface area (Å²) in [7, 11) is 0. The molecule has 0 aliphatic heterocycles. The van der Waals surface area contributed by atoms with Gasteiger partial charge in [0.25, 0.3) is 0 Å². The van der Waals surface area contributed by atoms with Crippen LogP contribution in [0.5, 0.6) is 0 Å². The second-order valence-electron chi connectivity index (χ2n) is 4.33. The average molecular weight is 273 g/mol. The van der Waals surface area contributed by atoms with E-state index in [1.807, 2.05) is 13.8 Å². The van der Waals surface area contributed by atoms with Crippen molar-refractivity contribution >= 4 is 23.3 Å². The number of esters is 1. The first-order valence-corrected chi connectivity index (χ1v) is 7.04. The van der Waals surface area contributed by atoms with Crippen LogP contribution >= 0.6 is 12.2 Å². The van der Waals surface area contributed by atoms with Crippen molar-refractivity contribution in [2.75, 3.05) is 32.8 Å². The summed E-state index contributed by atoms with van der Waals surface area (Å²) in [5, 5.41) is 2.37. The summed E-state index contributed by atoms with van der Waals surface area (Å²) in [6.07, 6.45) is 0.912. The fourth-order valence-electron chi connectivity index (χ4n) is 2.28. The van der Waals surface area contributed by atoms with Gasteiger partial charge < -0.3 is 9.22 Å². The van der Waals surface area contributed by atoms with Crippen LogP contribution in [0.25, 0.3) is 0 Å². The highest BCUT2D eigenvalue weighted by Gasteiger charge is 2.36. The first kappa shape index (κ1) is 17.2. The molecular formula is C13H25N2O2S+. The molecule has 18 heavy (non-hydrogen) atoms.